The number of amides is 2. The van der Waals surface area contributed by atoms with Crippen LogP contribution < -0.4 is 16.4 Å². The molecule has 1 aliphatic rings. The van der Waals surface area contributed by atoms with E-state index in [0.717, 1.165) is 17.0 Å². The van der Waals surface area contributed by atoms with Crippen molar-refractivity contribution in [1.29, 1.82) is 0 Å². The minimum atomic E-state index is -0.863. The molecule has 24 heavy (non-hydrogen) atoms. The van der Waals surface area contributed by atoms with Gasteiger partial charge in [-0.2, -0.15) is 0 Å². The summed E-state index contributed by atoms with van der Waals surface area (Å²) in [6.45, 7) is 1.48. The molecule has 2 heterocycles. The Kier molecular flexibility index (Phi) is 4.66. The summed E-state index contributed by atoms with van der Waals surface area (Å²) >= 11 is 1.32. The molecular formula is C17H19N3O3S. The van der Waals surface area contributed by atoms with Crippen LogP contribution in [0.3, 0.4) is 0 Å². The van der Waals surface area contributed by atoms with Gasteiger partial charge in [-0.25, -0.2) is 0 Å². The molecule has 6 nitrogen and oxygen atoms in total. The summed E-state index contributed by atoms with van der Waals surface area (Å²) in [5.74, 6) is -0.660. The molecule has 0 aliphatic carbocycles. The van der Waals surface area contributed by atoms with Gasteiger partial charge in [0.25, 0.3) is 11.8 Å². The van der Waals surface area contributed by atoms with E-state index in [1.54, 1.807) is 18.2 Å². The Morgan fingerprint density at radius 2 is 2.00 bits per heavy atom. The van der Waals surface area contributed by atoms with E-state index in [1.165, 1.54) is 11.3 Å². The number of hydrogen-bond donors (Lipinski definition) is 4. The third kappa shape index (κ3) is 3.64. The van der Waals surface area contributed by atoms with Crippen molar-refractivity contribution < 1.29 is 14.7 Å². The summed E-state index contributed by atoms with van der Waals surface area (Å²) < 4.78 is 0. The lowest BCUT2D eigenvalue weighted by atomic mass is 10.0. The van der Waals surface area contributed by atoms with E-state index in [9.17, 15) is 14.7 Å². The average Bonchev–Trinajstić information content (AvgIpc) is 3.23. The number of nitrogens with two attached hydrogens (primary N) is 1. The molecule has 1 aromatic heterocycles. The second kappa shape index (κ2) is 6.72. The first-order valence-corrected chi connectivity index (χ1v) is 8.50. The molecular weight excluding hydrogens is 326 g/mol. The van der Waals surface area contributed by atoms with Gasteiger partial charge in [0.05, 0.1) is 10.5 Å². The second-order valence-corrected chi connectivity index (χ2v) is 7.02. The normalized spacial score (nSPS) is 20.0. The molecule has 0 saturated carbocycles. The fourth-order valence-electron chi connectivity index (χ4n) is 2.64. The number of thiophene rings is 1. The van der Waals surface area contributed by atoms with Crippen LogP contribution in [-0.4, -0.2) is 42.2 Å². The Balaban J connectivity index is 1.65. The standard InChI is InChI=1S/C17H19N3O3S/c18-15(21)14-6-5-13(24-14)11-1-3-12(4-2-11)16(22)20-10-17(23)7-8-19-9-17/h1-6,19,23H,7-10H2,(H2,18,21)(H,20,22). The second-order valence-electron chi connectivity index (χ2n) is 5.94. The summed E-state index contributed by atoms with van der Waals surface area (Å²) in [6, 6.07) is 10.6. The number of aliphatic hydroxyl groups is 1. The van der Waals surface area contributed by atoms with Crippen molar-refractivity contribution in [2.75, 3.05) is 19.6 Å². The number of rotatable bonds is 5. The van der Waals surface area contributed by atoms with E-state index < -0.39 is 11.5 Å². The van der Waals surface area contributed by atoms with E-state index in [4.69, 9.17) is 5.73 Å². The van der Waals surface area contributed by atoms with Gasteiger partial charge in [-0.3, -0.25) is 9.59 Å². The molecule has 126 valence electrons. The highest BCUT2D eigenvalue weighted by Gasteiger charge is 2.31. The largest absolute Gasteiger partial charge is 0.387 e. The minimum absolute atomic E-state index is 0.217. The van der Waals surface area contributed by atoms with Gasteiger partial charge in [0.2, 0.25) is 0 Å². The van der Waals surface area contributed by atoms with Crippen molar-refractivity contribution in [2.24, 2.45) is 5.73 Å². The van der Waals surface area contributed by atoms with Crippen molar-refractivity contribution in [3.05, 3.63) is 46.8 Å². The molecule has 1 fully saturated rings. The van der Waals surface area contributed by atoms with E-state index in [0.29, 0.717) is 23.4 Å². The zero-order valence-corrected chi connectivity index (χ0v) is 13.9. The highest BCUT2D eigenvalue weighted by atomic mass is 32.1. The van der Waals surface area contributed by atoms with E-state index in [-0.39, 0.29) is 12.5 Å². The maximum Gasteiger partial charge on any atom is 0.258 e. The molecule has 1 saturated heterocycles. The van der Waals surface area contributed by atoms with Crippen molar-refractivity contribution in [2.45, 2.75) is 12.0 Å². The van der Waals surface area contributed by atoms with Gasteiger partial charge in [-0.1, -0.05) is 12.1 Å². The summed E-state index contributed by atoms with van der Waals surface area (Å²) in [7, 11) is 0. The first-order valence-electron chi connectivity index (χ1n) is 7.68. The Morgan fingerprint density at radius 3 is 2.58 bits per heavy atom. The molecule has 3 rings (SSSR count). The van der Waals surface area contributed by atoms with Crippen molar-refractivity contribution in [3.8, 4) is 10.4 Å². The number of benzene rings is 1. The number of carbonyl (C=O) groups excluding carboxylic acids is 2. The SMILES string of the molecule is NC(=O)c1ccc(-c2ccc(C(=O)NCC3(O)CCNC3)cc2)s1. The lowest BCUT2D eigenvalue weighted by Gasteiger charge is -2.21. The van der Waals surface area contributed by atoms with Crippen LogP contribution in [0.2, 0.25) is 0 Å². The lowest BCUT2D eigenvalue weighted by molar-refractivity contribution is 0.0562. The van der Waals surface area contributed by atoms with Gasteiger partial charge < -0.3 is 21.5 Å². The first-order chi connectivity index (χ1) is 11.5. The average molecular weight is 345 g/mol. The van der Waals surface area contributed by atoms with E-state index in [1.807, 2.05) is 18.2 Å². The molecule has 2 aromatic rings. The lowest BCUT2D eigenvalue weighted by Crippen LogP contribution is -2.44. The fraction of sp³-hybridized carbons (Fsp3) is 0.294. The van der Waals surface area contributed by atoms with Crippen molar-refractivity contribution in [3.63, 3.8) is 0 Å². The van der Waals surface area contributed by atoms with Crippen molar-refractivity contribution >= 4 is 23.2 Å². The summed E-state index contributed by atoms with van der Waals surface area (Å²) in [5, 5.41) is 16.1. The van der Waals surface area contributed by atoms with Crippen molar-refractivity contribution in [1.82, 2.24) is 10.6 Å². The number of β-amino-alcohol motifs (C(OH)–C–C–N with tert-alkyl or cyclic N) is 1. The third-order valence-corrected chi connectivity index (χ3v) is 5.23. The molecule has 0 spiro atoms. The Hall–Kier alpha value is -2.22. The predicted molar refractivity (Wildman–Crippen MR) is 93.0 cm³/mol. The summed E-state index contributed by atoms with van der Waals surface area (Å²) in [5.41, 5.74) is 5.84. The van der Waals surface area contributed by atoms with Crippen LogP contribution in [0, 0.1) is 0 Å². The highest BCUT2D eigenvalue weighted by Crippen LogP contribution is 2.28. The third-order valence-electron chi connectivity index (χ3n) is 4.08. The summed E-state index contributed by atoms with van der Waals surface area (Å²) in [6.07, 6.45) is 0.632. The van der Waals surface area contributed by atoms with Crippen LogP contribution in [0.25, 0.3) is 10.4 Å². The Bertz CT molecular complexity index is 749. The molecule has 1 aliphatic heterocycles. The van der Waals surface area contributed by atoms with Crippen LogP contribution in [-0.2, 0) is 0 Å². The molecule has 0 radical (unpaired) electrons. The smallest absolute Gasteiger partial charge is 0.258 e. The number of primary amides is 1. The van der Waals surface area contributed by atoms with Gasteiger partial charge in [-0.05, 0) is 42.8 Å². The van der Waals surface area contributed by atoms with Crippen LogP contribution in [0.5, 0.6) is 0 Å². The topological polar surface area (TPSA) is 104 Å². The molecule has 1 atom stereocenters. The molecule has 1 unspecified atom stereocenters. The molecule has 5 N–H and O–H groups in total. The summed E-state index contributed by atoms with van der Waals surface area (Å²) in [4.78, 5) is 24.8. The fourth-order valence-corrected chi connectivity index (χ4v) is 3.50. The van der Waals surface area contributed by atoms with Gasteiger partial charge in [0.1, 0.15) is 0 Å². The molecule has 2 amide bonds. The minimum Gasteiger partial charge on any atom is -0.387 e. The quantitative estimate of drug-likeness (QED) is 0.648. The van der Waals surface area contributed by atoms with Crippen LogP contribution in [0.1, 0.15) is 26.5 Å². The molecule has 7 heteroatoms. The van der Waals surface area contributed by atoms with E-state index >= 15 is 0 Å². The van der Waals surface area contributed by atoms with Gasteiger partial charge in [0, 0.05) is 23.5 Å². The van der Waals surface area contributed by atoms with E-state index in [2.05, 4.69) is 10.6 Å². The Labute approximate surface area is 143 Å². The predicted octanol–water partition coefficient (Wildman–Crippen LogP) is 0.968. The number of hydrogen-bond acceptors (Lipinski definition) is 5. The zero-order valence-electron chi connectivity index (χ0n) is 13.0. The van der Waals surface area contributed by atoms with Crippen LogP contribution >= 0.6 is 11.3 Å². The zero-order chi connectivity index (χ0) is 17.2. The monoisotopic (exact) mass is 345 g/mol. The molecule has 1 aromatic carbocycles. The van der Waals surface area contributed by atoms with Crippen LogP contribution in [0.15, 0.2) is 36.4 Å². The van der Waals surface area contributed by atoms with Gasteiger partial charge >= 0.3 is 0 Å². The van der Waals surface area contributed by atoms with Crippen LogP contribution in [0.4, 0.5) is 0 Å². The first kappa shape index (κ1) is 16.6. The van der Waals surface area contributed by atoms with Gasteiger partial charge in [-0.15, -0.1) is 11.3 Å². The molecule has 0 bridgehead atoms. The maximum absolute atomic E-state index is 12.2. The Morgan fingerprint density at radius 1 is 1.25 bits per heavy atom. The number of nitrogens with one attached hydrogen (secondary N) is 2. The van der Waals surface area contributed by atoms with Gasteiger partial charge in [0.15, 0.2) is 0 Å². The highest BCUT2D eigenvalue weighted by molar-refractivity contribution is 7.17. The maximum atomic E-state index is 12.2. The number of carbonyl (C=O) groups is 2.